The molecular weight excluding hydrogens is 346 g/mol. The summed E-state index contributed by atoms with van der Waals surface area (Å²) < 4.78 is 23.7. The molecule has 0 bridgehead atoms. The molecule has 26 heavy (non-hydrogen) atoms. The normalized spacial score (nSPS) is 14.7. The zero-order chi connectivity index (χ0) is 18.6. The van der Waals surface area contributed by atoms with Gasteiger partial charge in [-0.25, -0.2) is 13.4 Å². The van der Waals surface area contributed by atoms with Crippen LogP contribution in [0.5, 0.6) is 0 Å². The van der Waals surface area contributed by atoms with Crippen LogP contribution in [0.15, 0.2) is 52.4 Å². The average molecular weight is 372 g/mol. The van der Waals surface area contributed by atoms with Crippen molar-refractivity contribution in [1.82, 2.24) is 0 Å². The molecule has 5 nitrogen and oxygen atoms in total. The number of hydrogen-bond donors (Lipinski definition) is 2. The first kappa shape index (κ1) is 18.5. The Bertz CT molecular complexity index is 903. The summed E-state index contributed by atoms with van der Waals surface area (Å²) in [6, 6.07) is 13.1. The molecule has 0 radical (unpaired) electrons. The lowest BCUT2D eigenvalue weighted by molar-refractivity contribution is 0.597. The van der Waals surface area contributed by atoms with Gasteiger partial charge in [0, 0.05) is 5.69 Å². The number of aryl methyl sites for hydroxylation is 1. The highest BCUT2D eigenvalue weighted by atomic mass is 32.2. The quantitative estimate of drug-likeness (QED) is 0.624. The van der Waals surface area contributed by atoms with Crippen LogP contribution in [0.1, 0.15) is 36.5 Å². The van der Waals surface area contributed by atoms with E-state index in [0.717, 1.165) is 24.1 Å². The molecule has 0 saturated heterocycles. The summed E-state index contributed by atoms with van der Waals surface area (Å²) in [4.78, 5) is 4.73. The third-order valence-corrected chi connectivity index (χ3v) is 6.50. The van der Waals surface area contributed by atoms with Gasteiger partial charge < -0.3 is 11.1 Å². The second-order valence-electron chi connectivity index (χ2n) is 6.52. The fraction of sp³-hybridized carbons (Fsp3) is 0.350. The summed E-state index contributed by atoms with van der Waals surface area (Å²) in [6.45, 7) is 2.04. The number of nitrogens with zero attached hydrogens (tertiary/aromatic N) is 1. The maximum atomic E-state index is 11.8. The molecule has 0 aliphatic heterocycles. The minimum atomic E-state index is -3.17. The number of benzene rings is 2. The van der Waals surface area contributed by atoms with E-state index in [-0.39, 0.29) is 5.75 Å². The van der Waals surface area contributed by atoms with E-state index in [1.165, 1.54) is 24.0 Å². The molecule has 0 heterocycles. The fourth-order valence-corrected chi connectivity index (χ4v) is 4.11. The Balaban J connectivity index is 1.68. The number of hydrogen-bond acceptors (Lipinski definition) is 3. The van der Waals surface area contributed by atoms with Crippen molar-refractivity contribution in [3.63, 3.8) is 0 Å². The molecule has 1 aliphatic rings. The molecule has 1 aliphatic carbocycles. The lowest BCUT2D eigenvalue weighted by Gasteiger charge is -2.19. The highest BCUT2D eigenvalue weighted by molar-refractivity contribution is 7.91. The number of fused-ring (bicyclic) bond motifs is 1. The Morgan fingerprint density at radius 1 is 1.12 bits per heavy atom. The minimum Gasteiger partial charge on any atom is -0.370 e. The number of nitrogens with two attached hydrogens (primary N) is 1. The van der Waals surface area contributed by atoms with Crippen LogP contribution in [0.4, 0.5) is 5.69 Å². The van der Waals surface area contributed by atoms with Crippen molar-refractivity contribution in [2.24, 2.45) is 10.7 Å². The van der Waals surface area contributed by atoms with E-state index in [0.29, 0.717) is 17.4 Å². The number of anilines is 1. The van der Waals surface area contributed by atoms with Crippen LogP contribution in [0.25, 0.3) is 0 Å². The molecule has 0 spiro atoms. The number of nitrogens with one attached hydrogen (secondary N) is 1. The molecule has 2 aromatic carbocycles. The molecular formula is C20H25N3O2S. The third kappa shape index (κ3) is 4.25. The predicted molar refractivity (Wildman–Crippen MR) is 106 cm³/mol. The molecule has 138 valence electrons. The molecule has 2 aromatic rings. The van der Waals surface area contributed by atoms with Crippen molar-refractivity contribution >= 4 is 21.5 Å². The summed E-state index contributed by atoms with van der Waals surface area (Å²) in [5.74, 6) is 0.470. The Labute approximate surface area is 155 Å². The van der Waals surface area contributed by atoms with Crippen LogP contribution in [0.3, 0.4) is 0 Å². The van der Waals surface area contributed by atoms with Crippen LogP contribution in [0.2, 0.25) is 0 Å². The molecule has 6 heteroatoms. The molecule has 0 aromatic heterocycles. The Hall–Kier alpha value is -2.34. The molecule has 3 rings (SSSR count). The van der Waals surface area contributed by atoms with Crippen LogP contribution in [0, 0.1) is 0 Å². The highest BCUT2D eigenvalue weighted by Crippen LogP contribution is 2.27. The smallest absolute Gasteiger partial charge is 0.193 e. The minimum absolute atomic E-state index is 0.1000. The van der Waals surface area contributed by atoms with E-state index < -0.39 is 9.84 Å². The van der Waals surface area contributed by atoms with Gasteiger partial charge in [0.25, 0.3) is 0 Å². The fourth-order valence-electron chi connectivity index (χ4n) is 3.22. The van der Waals surface area contributed by atoms with E-state index in [2.05, 4.69) is 16.4 Å². The van der Waals surface area contributed by atoms with Crippen molar-refractivity contribution in [3.05, 3.63) is 59.2 Å². The van der Waals surface area contributed by atoms with Crippen LogP contribution < -0.4 is 11.1 Å². The summed E-state index contributed by atoms with van der Waals surface area (Å²) in [6.07, 6.45) is 4.63. The maximum Gasteiger partial charge on any atom is 0.193 e. The Morgan fingerprint density at radius 2 is 1.85 bits per heavy atom. The van der Waals surface area contributed by atoms with Crippen LogP contribution in [-0.4, -0.2) is 20.1 Å². The number of aliphatic imine (C=N–C) groups is 1. The standard InChI is InChI=1S/C20H25N3O2S/c1-2-26(24,25)17-12-10-15(11-13-17)14-22-20(21)23-19-9-5-7-16-6-3-4-8-18(16)19/h5,7,9-13H,2-4,6,8,14H2,1H3,(H3,21,22,23). The van der Waals surface area contributed by atoms with Gasteiger partial charge in [-0.2, -0.15) is 0 Å². The molecule has 0 atom stereocenters. The van der Waals surface area contributed by atoms with Crippen molar-refractivity contribution in [1.29, 1.82) is 0 Å². The van der Waals surface area contributed by atoms with Gasteiger partial charge in [-0.15, -0.1) is 0 Å². The van der Waals surface area contributed by atoms with E-state index >= 15 is 0 Å². The Morgan fingerprint density at radius 3 is 2.58 bits per heavy atom. The second kappa shape index (κ2) is 7.91. The Kier molecular flexibility index (Phi) is 5.61. The first-order chi connectivity index (χ1) is 12.5. The van der Waals surface area contributed by atoms with Crippen molar-refractivity contribution in [3.8, 4) is 0 Å². The van der Waals surface area contributed by atoms with Gasteiger partial charge in [0.15, 0.2) is 15.8 Å². The lowest BCUT2D eigenvalue weighted by atomic mass is 9.90. The largest absolute Gasteiger partial charge is 0.370 e. The lowest BCUT2D eigenvalue weighted by Crippen LogP contribution is -2.24. The molecule has 0 saturated carbocycles. The zero-order valence-electron chi connectivity index (χ0n) is 15.0. The van der Waals surface area contributed by atoms with Gasteiger partial charge >= 0.3 is 0 Å². The summed E-state index contributed by atoms with van der Waals surface area (Å²) in [7, 11) is -3.17. The van der Waals surface area contributed by atoms with Gasteiger partial charge in [-0.3, -0.25) is 0 Å². The van der Waals surface area contributed by atoms with Crippen LogP contribution >= 0.6 is 0 Å². The van der Waals surface area contributed by atoms with Crippen molar-refractivity contribution in [2.45, 2.75) is 44.0 Å². The summed E-state index contributed by atoms with van der Waals surface area (Å²) in [5, 5.41) is 3.22. The first-order valence-corrected chi connectivity index (χ1v) is 10.6. The molecule has 3 N–H and O–H groups in total. The molecule has 0 unspecified atom stereocenters. The number of sulfone groups is 1. The average Bonchev–Trinajstić information content (AvgIpc) is 2.67. The second-order valence-corrected chi connectivity index (χ2v) is 8.80. The van der Waals surface area contributed by atoms with Crippen molar-refractivity contribution in [2.75, 3.05) is 11.1 Å². The number of guanidine groups is 1. The van der Waals surface area contributed by atoms with E-state index in [1.54, 1.807) is 31.2 Å². The van der Waals surface area contributed by atoms with Gasteiger partial charge in [0.05, 0.1) is 17.2 Å². The van der Waals surface area contributed by atoms with E-state index in [4.69, 9.17) is 5.73 Å². The first-order valence-electron chi connectivity index (χ1n) is 8.99. The predicted octanol–water partition coefficient (Wildman–Crippen LogP) is 3.29. The SMILES string of the molecule is CCS(=O)(=O)c1ccc(CN=C(N)Nc2cccc3c2CCCC3)cc1. The number of rotatable bonds is 5. The zero-order valence-corrected chi connectivity index (χ0v) is 15.8. The van der Waals surface area contributed by atoms with E-state index in [9.17, 15) is 8.42 Å². The maximum absolute atomic E-state index is 11.8. The third-order valence-electron chi connectivity index (χ3n) is 4.75. The van der Waals surface area contributed by atoms with Gasteiger partial charge in [-0.1, -0.05) is 31.2 Å². The van der Waals surface area contributed by atoms with Gasteiger partial charge in [0.1, 0.15) is 0 Å². The van der Waals surface area contributed by atoms with Gasteiger partial charge in [0.2, 0.25) is 0 Å². The topological polar surface area (TPSA) is 84.5 Å². The molecule has 0 amide bonds. The molecule has 0 fully saturated rings. The van der Waals surface area contributed by atoms with Crippen molar-refractivity contribution < 1.29 is 8.42 Å². The monoisotopic (exact) mass is 371 g/mol. The highest BCUT2D eigenvalue weighted by Gasteiger charge is 2.13. The van der Waals surface area contributed by atoms with Crippen LogP contribution in [-0.2, 0) is 29.2 Å². The summed E-state index contributed by atoms with van der Waals surface area (Å²) in [5.41, 5.74) is 10.7. The van der Waals surface area contributed by atoms with Gasteiger partial charge in [-0.05, 0) is 60.6 Å². The van der Waals surface area contributed by atoms with E-state index in [1.807, 2.05) is 12.1 Å². The summed E-state index contributed by atoms with van der Waals surface area (Å²) >= 11 is 0.